The third kappa shape index (κ3) is 6.51. The Kier molecular flexibility index (Phi) is 8.18. The molecule has 0 radical (unpaired) electrons. The molecule has 0 spiro atoms. The molecule has 2 aromatic rings. The van der Waals surface area contributed by atoms with Crippen LogP contribution in [-0.2, 0) is 14.4 Å². The van der Waals surface area contributed by atoms with E-state index in [4.69, 9.17) is 19.9 Å². The lowest BCUT2D eigenvalue weighted by molar-refractivity contribution is -0.136. The number of hydrogen-bond donors (Lipinski definition) is 3. The average Bonchev–Trinajstić information content (AvgIpc) is 2.74. The zero-order chi connectivity index (χ0) is 21.9. The van der Waals surface area contributed by atoms with Crippen molar-refractivity contribution in [1.82, 2.24) is 5.43 Å². The second kappa shape index (κ2) is 11.1. The first kappa shape index (κ1) is 22.2. The molecule has 0 aromatic heterocycles. The molecule has 3 amide bonds. The molecule has 0 fully saturated rings. The van der Waals surface area contributed by atoms with Gasteiger partial charge in [0.15, 0.2) is 18.1 Å². The van der Waals surface area contributed by atoms with E-state index in [0.717, 1.165) is 0 Å². The van der Waals surface area contributed by atoms with Gasteiger partial charge in [-0.15, -0.1) is 0 Å². The second-order valence-corrected chi connectivity index (χ2v) is 5.75. The van der Waals surface area contributed by atoms with Gasteiger partial charge < -0.3 is 25.3 Å². The van der Waals surface area contributed by atoms with Crippen molar-refractivity contribution in [3.8, 4) is 17.2 Å². The highest BCUT2D eigenvalue weighted by Gasteiger charge is 2.15. The molecule has 4 N–H and O–H groups in total. The molecular formula is C20H22N4O6. The van der Waals surface area contributed by atoms with Crippen LogP contribution in [0.15, 0.2) is 47.6 Å². The molecule has 2 rings (SSSR count). The maximum atomic E-state index is 12.1. The Morgan fingerprint density at radius 1 is 1.03 bits per heavy atom. The van der Waals surface area contributed by atoms with Gasteiger partial charge in [0, 0.05) is 0 Å². The Bertz CT molecular complexity index is 945. The number of hydrogen-bond acceptors (Lipinski definition) is 7. The summed E-state index contributed by atoms with van der Waals surface area (Å²) in [7, 11) is 1.43. The third-order valence-electron chi connectivity index (χ3n) is 3.58. The number of anilines is 1. The van der Waals surface area contributed by atoms with Crippen LogP contribution in [-0.4, -0.2) is 44.3 Å². The number of carbonyl (C=O) groups excluding carboxylic acids is 3. The maximum absolute atomic E-state index is 12.1. The maximum Gasteiger partial charge on any atom is 0.329 e. The number of hydrazone groups is 1. The smallest absolute Gasteiger partial charge is 0.329 e. The molecule has 10 heteroatoms. The minimum absolute atomic E-state index is 0.290. The number of nitrogens with one attached hydrogen (secondary N) is 2. The predicted octanol–water partition coefficient (Wildman–Crippen LogP) is 1.05. The summed E-state index contributed by atoms with van der Waals surface area (Å²) in [5.74, 6) is -1.34. The average molecular weight is 414 g/mol. The minimum Gasteiger partial charge on any atom is -0.493 e. The zero-order valence-electron chi connectivity index (χ0n) is 16.5. The highest BCUT2D eigenvalue weighted by molar-refractivity contribution is 6.39. The minimum atomic E-state index is -0.953. The number of amides is 3. The quantitative estimate of drug-likeness (QED) is 0.318. The molecule has 0 aliphatic carbocycles. The number of para-hydroxylation sites is 2. The van der Waals surface area contributed by atoms with Gasteiger partial charge in [-0.2, -0.15) is 5.10 Å². The number of carbonyl (C=O) groups is 3. The van der Waals surface area contributed by atoms with E-state index in [1.165, 1.54) is 13.3 Å². The van der Waals surface area contributed by atoms with Gasteiger partial charge >= 0.3 is 11.8 Å². The normalized spacial score (nSPS) is 10.3. The Morgan fingerprint density at radius 3 is 2.50 bits per heavy atom. The first-order chi connectivity index (χ1) is 14.4. The molecule has 2 aromatic carbocycles. The number of nitrogens with two attached hydrogens (primary N) is 1. The second-order valence-electron chi connectivity index (χ2n) is 5.75. The van der Waals surface area contributed by atoms with Gasteiger partial charge in [0.25, 0.3) is 5.91 Å². The van der Waals surface area contributed by atoms with Gasteiger partial charge in [0.2, 0.25) is 0 Å². The van der Waals surface area contributed by atoms with E-state index in [1.807, 2.05) is 6.92 Å². The Balaban J connectivity index is 1.96. The molecule has 30 heavy (non-hydrogen) atoms. The van der Waals surface area contributed by atoms with Crippen LogP contribution in [0, 0.1) is 0 Å². The van der Waals surface area contributed by atoms with Crippen molar-refractivity contribution in [2.75, 3.05) is 25.6 Å². The van der Waals surface area contributed by atoms with Gasteiger partial charge in [-0.1, -0.05) is 12.1 Å². The predicted molar refractivity (Wildman–Crippen MR) is 110 cm³/mol. The Labute approximate surface area is 173 Å². The molecular weight excluding hydrogens is 392 g/mol. The number of rotatable bonds is 9. The third-order valence-corrected chi connectivity index (χ3v) is 3.58. The largest absolute Gasteiger partial charge is 0.493 e. The number of nitrogens with zero attached hydrogens (tertiary/aromatic N) is 1. The van der Waals surface area contributed by atoms with Crippen molar-refractivity contribution < 1.29 is 28.6 Å². The summed E-state index contributed by atoms with van der Waals surface area (Å²) >= 11 is 0. The first-order valence-corrected chi connectivity index (χ1v) is 8.90. The fraction of sp³-hybridized carbons (Fsp3) is 0.200. The highest BCUT2D eigenvalue weighted by Crippen LogP contribution is 2.27. The molecule has 0 atom stereocenters. The molecule has 0 bridgehead atoms. The van der Waals surface area contributed by atoms with E-state index in [0.29, 0.717) is 35.1 Å². The molecule has 0 unspecified atom stereocenters. The summed E-state index contributed by atoms with van der Waals surface area (Å²) in [6, 6.07) is 11.5. The number of primary amides is 1. The Hall–Kier alpha value is -4.08. The molecule has 0 saturated carbocycles. The van der Waals surface area contributed by atoms with E-state index in [9.17, 15) is 14.4 Å². The molecule has 0 aliphatic rings. The fourth-order valence-electron chi connectivity index (χ4n) is 2.28. The molecule has 0 heterocycles. The monoisotopic (exact) mass is 414 g/mol. The first-order valence-electron chi connectivity index (χ1n) is 8.90. The lowest BCUT2D eigenvalue weighted by Crippen LogP contribution is -2.32. The van der Waals surface area contributed by atoms with Crippen LogP contribution in [0.2, 0.25) is 0 Å². The van der Waals surface area contributed by atoms with Crippen LogP contribution in [0.5, 0.6) is 17.2 Å². The van der Waals surface area contributed by atoms with Crippen molar-refractivity contribution in [3.05, 3.63) is 48.0 Å². The summed E-state index contributed by atoms with van der Waals surface area (Å²) in [6.07, 6.45) is 1.32. The summed E-state index contributed by atoms with van der Waals surface area (Å²) in [4.78, 5) is 34.8. The summed E-state index contributed by atoms with van der Waals surface area (Å²) in [5.41, 5.74) is 8.12. The zero-order valence-corrected chi connectivity index (χ0v) is 16.5. The lowest BCUT2D eigenvalue weighted by atomic mass is 10.2. The van der Waals surface area contributed by atoms with E-state index < -0.39 is 17.7 Å². The summed E-state index contributed by atoms with van der Waals surface area (Å²) in [6.45, 7) is 1.94. The van der Waals surface area contributed by atoms with Crippen LogP contribution >= 0.6 is 0 Å². The SMILES string of the molecule is CCOc1ccccc1NC(=O)C(=O)N/N=C\c1ccc(OCC(N)=O)c(OC)c1. The van der Waals surface area contributed by atoms with Gasteiger partial charge in [0.05, 0.1) is 25.6 Å². The Morgan fingerprint density at radius 2 is 1.80 bits per heavy atom. The van der Waals surface area contributed by atoms with Gasteiger partial charge in [-0.3, -0.25) is 14.4 Å². The van der Waals surface area contributed by atoms with Crippen molar-refractivity contribution in [2.24, 2.45) is 10.8 Å². The van der Waals surface area contributed by atoms with E-state index in [2.05, 4.69) is 15.8 Å². The van der Waals surface area contributed by atoms with Crippen LogP contribution < -0.4 is 30.7 Å². The van der Waals surface area contributed by atoms with Crippen LogP contribution in [0.4, 0.5) is 5.69 Å². The van der Waals surface area contributed by atoms with Gasteiger partial charge in [0.1, 0.15) is 5.75 Å². The van der Waals surface area contributed by atoms with Crippen LogP contribution in [0.3, 0.4) is 0 Å². The van der Waals surface area contributed by atoms with Gasteiger partial charge in [-0.05, 0) is 42.8 Å². The summed E-state index contributed by atoms with van der Waals surface area (Å²) < 4.78 is 15.8. The highest BCUT2D eigenvalue weighted by atomic mass is 16.5. The standard InChI is InChI=1S/C20H22N4O6/c1-3-29-15-7-5-4-6-14(15)23-19(26)20(27)24-22-11-13-8-9-16(17(10-13)28-2)30-12-18(21)25/h4-11H,3,12H2,1-2H3,(H2,21,25)(H,23,26)(H,24,27)/b22-11-. The van der Waals surface area contributed by atoms with E-state index >= 15 is 0 Å². The number of benzene rings is 2. The van der Waals surface area contributed by atoms with Crippen molar-refractivity contribution in [2.45, 2.75) is 6.92 Å². The number of ether oxygens (including phenoxy) is 3. The molecule has 0 aliphatic heterocycles. The number of methoxy groups -OCH3 is 1. The van der Waals surface area contributed by atoms with Crippen molar-refractivity contribution in [3.63, 3.8) is 0 Å². The molecule has 0 saturated heterocycles. The van der Waals surface area contributed by atoms with Crippen LogP contribution in [0.1, 0.15) is 12.5 Å². The van der Waals surface area contributed by atoms with Crippen molar-refractivity contribution in [1.29, 1.82) is 0 Å². The van der Waals surface area contributed by atoms with Gasteiger partial charge in [-0.25, -0.2) is 5.43 Å². The molecule has 158 valence electrons. The topological polar surface area (TPSA) is 141 Å². The molecule has 10 nitrogen and oxygen atoms in total. The van der Waals surface area contributed by atoms with Crippen molar-refractivity contribution >= 4 is 29.6 Å². The van der Waals surface area contributed by atoms with Crippen LogP contribution in [0.25, 0.3) is 0 Å². The fourth-order valence-corrected chi connectivity index (χ4v) is 2.28. The summed E-state index contributed by atoms with van der Waals surface area (Å²) in [5, 5.41) is 6.22. The van der Waals surface area contributed by atoms with E-state index in [-0.39, 0.29) is 6.61 Å². The van der Waals surface area contributed by atoms with E-state index in [1.54, 1.807) is 42.5 Å². The lowest BCUT2D eigenvalue weighted by Gasteiger charge is -2.10.